The molecule has 2 aromatic rings. The highest BCUT2D eigenvalue weighted by atomic mass is 19.1. The molecule has 112 valence electrons. The number of non-ortho nitro benzene ring substituents is 1. The van der Waals surface area contributed by atoms with Gasteiger partial charge in [-0.3, -0.25) is 14.9 Å². The van der Waals surface area contributed by atoms with E-state index in [1.165, 1.54) is 36.4 Å². The number of nitro benzene ring substituents is 1. The van der Waals surface area contributed by atoms with Crippen LogP contribution in [0.2, 0.25) is 0 Å². The molecule has 2 rings (SSSR count). The molecule has 6 nitrogen and oxygen atoms in total. The summed E-state index contributed by atoms with van der Waals surface area (Å²) in [5, 5.41) is 10.5. The Morgan fingerprint density at radius 2 is 1.55 bits per heavy atom. The van der Waals surface area contributed by atoms with Crippen LogP contribution in [0.25, 0.3) is 0 Å². The lowest BCUT2D eigenvalue weighted by atomic mass is 10.1. The molecule has 0 amide bonds. The second-order valence-electron chi connectivity index (χ2n) is 4.31. The summed E-state index contributed by atoms with van der Waals surface area (Å²) in [7, 11) is 0. The molecule has 22 heavy (non-hydrogen) atoms. The van der Waals surface area contributed by atoms with Crippen LogP contribution < -0.4 is 0 Å². The normalized spacial score (nSPS) is 10.0. The number of nitrogens with zero attached hydrogens (tertiary/aromatic N) is 1. The van der Waals surface area contributed by atoms with Gasteiger partial charge in [-0.25, -0.2) is 9.18 Å². The number of halogens is 1. The van der Waals surface area contributed by atoms with Gasteiger partial charge in [0.25, 0.3) is 5.69 Å². The Balaban J connectivity index is 1.96. The highest BCUT2D eigenvalue weighted by Crippen LogP contribution is 2.13. The van der Waals surface area contributed by atoms with Gasteiger partial charge in [0.15, 0.2) is 12.4 Å². The minimum Gasteiger partial charge on any atom is -0.454 e. The zero-order valence-corrected chi connectivity index (χ0v) is 11.2. The van der Waals surface area contributed by atoms with Crippen molar-refractivity contribution in [1.82, 2.24) is 0 Å². The average molecular weight is 303 g/mol. The molecule has 0 spiro atoms. The maximum Gasteiger partial charge on any atom is 0.338 e. The number of hydrogen-bond donors (Lipinski definition) is 0. The van der Waals surface area contributed by atoms with Crippen molar-refractivity contribution in [3.8, 4) is 0 Å². The van der Waals surface area contributed by atoms with Crippen molar-refractivity contribution in [3.63, 3.8) is 0 Å². The molecule has 0 aromatic heterocycles. The molecule has 0 unspecified atom stereocenters. The molecule has 2 aromatic carbocycles. The fourth-order valence-electron chi connectivity index (χ4n) is 1.65. The number of hydrogen-bond acceptors (Lipinski definition) is 5. The van der Waals surface area contributed by atoms with E-state index in [-0.39, 0.29) is 16.8 Å². The predicted molar refractivity (Wildman–Crippen MR) is 74.1 cm³/mol. The van der Waals surface area contributed by atoms with Crippen LogP contribution in [-0.2, 0) is 4.74 Å². The van der Waals surface area contributed by atoms with Crippen LogP contribution in [-0.4, -0.2) is 23.3 Å². The number of nitro groups is 1. The third-order valence-corrected chi connectivity index (χ3v) is 2.81. The maximum atomic E-state index is 12.7. The van der Waals surface area contributed by atoms with E-state index in [9.17, 15) is 24.1 Å². The highest BCUT2D eigenvalue weighted by molar-refractivity contribution is 5.99. The first-order valence-corrected chi connectivity index (χ1v) is 6.18. The van der Waals surface area contributed by atoms with Crippen molar-refractivity contribution < 1.29 is 23.6 Å². The molecule has 0 saturated heterocycles. The van der Waals surface area contributed by atoms with Crippen molar-refractivity contribution in [2.24, 2.45) is 0 Å². The number of esters is 1. The predicted octanol–water partition coefficient (Wildman–Crippen LogP) is 2.77. The maximum absolute atomic E-state index is 12.7. The number of ether oxygens (including phenoxy) is 1. The smallest absolute Gasteiger partial charge is 0.338 e. The van der Waals surface area contributed by atoms with Gasteiger partial charge in [0, 0.05) is 17.7 Å². The lowest BCUT2D eigenvalue weighted by molar-refractivity contribution is -0.384. The number of rotatable bonds is 5. The van der Waals surface area contributed by atoms with Gasteiger partial charge in [0.1, 0.15) is 5.82 Å². The van der Waals surface area contributed by atoms with E-state index in [0.29, 0.717) is 0 Å². The highest BCUT2D eigenvalue weighted by Gasteiger charge is 2.13. The fraction of sp³-hybridized carbons (Fsp3) is 0.0667. The molecular formula is C15H10FNO5. The van der Waals surface area contributed by atoms with Crippen LogP contribution in [0, 0.1) is 15.9 Å². The Labute approximate surface area is 124 Å². The first kappa shape index (κ1) is 15.3. The number of Topliss-reactive ketones (excluding diaryl/α,β-unsaturated/α-hetero) is 1. The molecule has 0 aliphatic rings. The fourth-order valence-corrected chi connectivity index (χ4v) is 1.65. The molecule has 0 N–H and O–H groups in total. The molecule has 0 atom stereocenters. The van der Waals surface area contributed by atoms with Gasteiger partial charge in [-0.2, -0.15) is 0 Å². The van der Waals surface area contributed by atoms with E-state index in [4.69, 9.17) is 4.74 Å². The van der Waals surface area contributed by atoms with E-state index in [1.807, 2.05) is 0 Å². The second-order valence-corrected chi connectivity index (χ2v) is 4.31. The van der Waals surface area contributed by atoms with Crippen LogP contribution >= 0.6 is 0 Å². The van der Waals surface area contributed by atoms with E-state index in [1.54, 1.807) is 0 Å². The van der Waals surface area contributed by atoms with Crippen LogP contribution in [0.15, 0.2) is 48.5 Å². The lowest BCUT2D eigenvalue weighted by Crippen LogP contribution is -2.14. The van der Waals surface area contributed by atoms with Gasteiger partial charge in [0.05, 0.1) is 10.5 Å². The van der Waals surface area contributed by atoms with E-state index < -0.39 is 29.1 Å². The van der Waals surface area contributed by atoms with Crippen LogP contribution in [0.5, 0.6) is 0 Å². The quantitative estimate of drug-likeness (QED) is 0.367. The van der Waals surface area contributed by atoms with Crippen molar-refractivity contribution in [3.05, 3.63) is 75.6 Å². The lowest BCUT2D eigenvalue weighted by Gasteiger charge is -2.04. The van der Waals surface area contributed by atoms with Crippen LogP contribution in [0.1, 0.15) is 20.7 Å². The van der Waals surface area contributed by atoms with Crippen molar-refractivity contribution >= 4 is 17.4 Å². The van der Waals surface area contributed by atoms with E-state index in [0.717, 1.165) is 12.1 Å². The number of ketones is 1. The summed E-state index contributed by atoms with van der Waals surface area (Å²) in [6, 6.07) is 9.65. The molecule has 0 bridgehead atoms. The van der Waals surface area contributed by atoms with E-state index in [2.05, 4.69) is 0 Å². The Kier molecular flexibility index (Phi) is 4.57. The average Bonchev–Trinajstić information content (AvgIpc) is 2.53. The van der Waals surface area contributed by atoms with Gasteiger partial charge >= 0.3 is 5.97 Å². The number of carbonyl (C=O) groups excluding carboxylic acids is 2. The molecule has 0 fully saturated rings. The van der Waals surface area contributed by atoms with Crippen molar-refractivity contribution in [1.29, 1.82) is 0 Å². The Bertz CT molecular complexity index is 710. The SMILES string of the molecule is O=C(COC(=O)c1ccc([N+](=O)[O-])cc1)c1ccc(F)cc1. The van der Waals surface area contributed by atoms with Gasteiger partial charge in [-0.05, 0) is 36.4 Å². The monoisotopic (exact) mass is 303 g/mol. The molecule has 0 heterocycles. The zero-order valence-electron chi connectivity index (χ0n) is 11.2. The summed E-state index contributed by atoms with van der Waals surface area (Å²) in [5.41, 5.74) is 0.161. The Morgan fingerprint density at radius 3 is 2.09 bits per heavy atom. The summed E-state index contributed by atoms with van der Waals surface area (Å²) in [6.07, 6.45) is 0. The van der Waals surface area contributed by atoms with Crippen LogP contribution in [0.3, 0.4) is 0 Å². The Morgan fingerprint density at radius 1 is 1.00 bits per heavy atom. The molecule has 7 heteroatoms. The van der Waals surface area contributed by atoms with Gasteiger partial charge in [-0.1, -0.05) is 0 Å². The molecule has 0 radical (unpaired) electrons. The third kappa shape index (κ3) is 3.72. The molecule has 0 aliphatic carbocycles. The summed E-state index contributed by atoms with van der Waals surface area (Å²) < 4.78 is 17.6. The summed E-state index contributed by atoms with van der Waals surface area (Å²) >= 11 is 0. The summed E-state index contributed by atoms with van der Waals surface area (Å²) in [4.78, 5) is 33.4. The van der Waals surface area contributed by atoms with Gasteiger partial charge in [-0.15, -0.1) is 0 Å². The largest absolute Gasteiger partial charge is 0.454 e. The molecule has 0 saturated carbocycles. The zero-order chi connectivity index (χ0) is 16.1. The minimum absolute atomic E-state index is 0.0949. The van der Waals surface area contributed by atoms with Gasteiger partial charge in [0.2, 0.25) is 0 Å². The first-order valence-electron chi connectivity index (χ1n) is 6.18. The summed E-state index contributed by atoms with van der Waals surface area (Å²) in [5.74, 6) is -1.72. The minimum atomic E-state index is -0.773. The van der Waals surface area contributed by atoms with Crippen molar-refractivity contribution in [2.75, 3.05) is 6.61 Å². The summed E-state index contributed by atoms with van der Waals surface area (Å²) in [6.45, 7) is -0.499. The third-order valence-electron chi connectivity index (χ3n) is 2.81. The number of carbonyl (C=O) groups is 2. The first-order chi connectivity index (χ1) is 10.5. The number of benzene rings is 2. The standard InChI is InChI=1S/C15H10FNO5/c16-12-5-1-10(2-6-12)14(18)9-22-15(19)11-3-7-13(8-4-11)17(20)21/h1-8H,9H2. The van der Waals surface area contributed by atoms with Crippen LogP contribution in [0.4, 0.5) is 10.1 Å². The topological polar surface area (TPSA) is 86.5 Å². The molecular weight excluding hydrogens is 293 g/mol. The van der Waals surface area contributed by atoms with Gasteiger partial charge < -0.3 is 4.74 Å². The molecule has 0 aliphatic heterocycles. The van der Waals surface area contributed by atoms with Crippen molar-refractivity contribution in [2.45, 2.75) is 0 Å². The Hall–Kier alpha value is -3.09. The van der Waals surface area contributed by atoms with E-state index >= 15 is 0 Å². The second kappa shape index (κ2) is 6.57.